The second-order valence-corrected chi connectivity index (χ2v) is 2.76. The van der Waals surface area contributed by atoms with Gasteiger partial charge in [0.25, 0.3) is 11.8 Å². The first-order valence-electron chi connectivity index (χ1n) is 5.38. The molecule has 0 N–H and O–H groups in total. The number of carbonyl (C=O) groups excluding carboxylic acids is 2. The number of allylic oxidation sites excluding steroid dienone is 5. The Morgan fingerprint density at radius 3 is 2.06 bits per heavy atom. The van der Waals surface area contributed by atoms with Gasteiger partial charge in [0, 0.05) is 12.2 Å². The van der Waals surface area contributed by atoms with Gasteiger partial charge in [-0.1, -0.05) is 45.2 Å². The van der Waals surface area contributed by atoms with Crippen LogP contribution in [0.5, 0.6) is 0 Å². The van der Waals surface area contributed by atoms with Gasteiger partial charge in [0.1, 0.15) is 0 Å². The van der Waals surface area contributed by atoms with Crippen LogP contribution in [0.15, 0.2) is 61.4 Å². The molecule has 0 aromatic heterocycles. The molecule has 0 aliphatic carbocycles. The van der Waals surface area contributed by atoms with Gasteiger partial charge in [0.15, 0.2) is 0 Å². The van der Waals surface area contributed by atoms with Gasteiger partial charge in [-0.2, -0.15) is 0 Å². The van der Waals surface area contributed by atoms with E-state index in [0.717, 1.165) is 4.90 Å². The van der Waals surface area contributed by atoms with Crippen LogP contribution in [0.25, 0.3) is 0 Å². The highest BCUT2D eigenvalue weighted by atomic mass is 16.2. The molecule has 0 atom stereocenters. The van der Waals surface area contributed by atoms with Crippen LogP contribution in [0.2, 0.25) is 0 Å². The minimum absolute atomic E-state index is 0.349. The van der Waals surface area contributed by atoms with Crippen molar-refractivity contribution in [1.29, 1.82) is 0 Å². The van der Waals surface area contributed by atoms with E-state index in [4.69, 9.17) is 0 Å². The summed E-state index contributed by atoms with van der Waals surface area (Å²) in [5, 5.41) is 0. The lowest BCUT2D eigenvalue weighted by Crippen LogP contribution is -2.28. The van der Waals surface area contributed by atoms with Gasteiger partial charge in [-0.3, -0.25) is 9.59 Å². The lowest BCUT2D eigenvalue weighted by Gasteiger charge is -2.13. The van der Waals surface area contributed by atoms with Crippen LogP contribution in [-0.4, -0.2) is 16.7 Å². The van der Waals surface area contributed by atoms with E-state index in [1.54, 1.807) is 24.3 Å². The van der Waals surface area contributed by atoms with Crippen molar-refractivity contribution in [3.63, 3.8) is 0 Å². The van der Waals surface area contributed by atoms with Crippen molar-refractivity contribution in [3.8, 4) is 0 Å². The molecular weight excluding hydrogens is 214 g/mol. The molecule has 0 radical (unpaired) electrons. The Labute approximate surface area is 102 Å². The molecule has 0 saturated carbocycles. The predicted molar refractivity (Wildman–Crippen MR) is 70.0 cm³/mol. The molecule has 0 fully saturated rings. The molecule has 3 heteroatoms. The molecular formula is C14H17NO2. The van der Waals surface area contributed by atoms with E-state index >= 15 is 0 Å². The van der Waals surface area contributed by atoms with E-state index in [9.17, 15) is 9.59 Å². The van der Waals surface area contributed by atoms with Crippen LogP contribution in [0.1, 0.15) is 13.8 Å². The van der Waals surface area contributed by atoms with E-state index in [1.165, 1.54) is 18.2 Å². The molecule has 17 heavy (non-hydrogen) atoms. The molecule has 1 aliphatic rings. The third-order valence-corrected chi connectivity index (χ3v) is 1.79. The molecule has 1 rings (SSSR count). The summed E-state index contributed by atoms with van der Waals surface area (Å²) < 4.78 is 0. The lowest BCUT2D eigenvalue weighted by atomic mass is 10.3. The fraction of sp³-hybridized carbons (Fsp3) is 0.143. The molecule has 0 saturated heterocycles. The zero-order valence-corrected chi connectivity index (χ0v) is 10.2. The fourth-order valence-corrected chi connectivity index (χ4v) is 1.12. The summed E-state index contributed by atoms with van der Waals surface area (Å²) in [5.41, 5.74) is 0.452. The minimum Gasteiger partial charge on any atom is -0.269 e. The number of imide groups is 1. The fourth-order valence-electron chi connectivity index (χ4n) is 1.12. The SMILES string of the molecule is C=C/C=C\C=C(/C=C)N1C(=O)C=CC1=O.CC. The molecule has 0 aromatic carbocycles. The van der Waals surface area contributed by atoms with Crippen LogP contribution >= 0.6 is 0 Å². The summed E-state index contributed by atoms with van der Waals surface area (Å²) in [4.78, 5) is 23.7. The molecule has 0 aromatic rings. The Morgan fingerprint density at radius 1 is 1.12 bits per heavy atom. The Balaban J connectivity index is 0.00000121. The molecule has 0 bridgehead atoms. The second kappa shape index (κ2) is 8.05. The zero-order chi connectivity index (χ0) is 13.3. The molecule has 0 unspecified atom stereocenters. The average Bonchev–Trinajstić information content (AvgIpc) is 2.68. The summed E-state index contributed by atoms with van der Waals surface area (Å²) >= 11 is 0. The van der Waals surface area contributed by atoms with Crippen molar-refractivity contribution in [2.45, 2.75) is 13.8 Å². The Hall–Kier alpha value is -2.16. The van der Waals surface area contributed by atoms with Crippen LogP contribution in [0, 0.1) is 0 Å². The summed E-state index contributed by atoms with van der Waals surface area (Å²) in [6.45, 7) is 11.1. The molecule has 90 valence electrons. The van der Waals surface area contributed by atoms with Crippen molar-refractivity contribution in [2.24, 2.45) is 0 Å². The standard InChI is InChI=1S/C12H11NO2.C2H6/c1-3-5-6-7-10(4-2)13-11(14)8-9-12(13)15;1-2/h3-9H,1-2H2;1-2H3/b6-5-,10-7+;. The number of hydrogen-bond donors (Lipinski definition) is 0. The maximum Gasteiger partial charge on any atom is 0.258 e. The Morgan fingerprint density at radius 2 is 1.65 bits per heavy atom. The third kappa shape index (κ3) is 4.07. The van der Waals surface area contributed by atoms with E-state index in [0.29, 0.717) is 5.70 Å². The summed E-state index contributed by atoms with van der Waals surface area (Å²) in [7, 11) is 0. The molecule has 0 spiro atoms. The van der Waals surface area contributed by atoms with Gasteiger partial charge in [-0.05, 0) is 12.2 Å². The molecule has 2 amide bonds. The van der Waals surface area contributed by atoms with Gasteiger partial charge in [-0.25, -0.2) is 4.90 Å². The Kier molecular flexibility index (Phi) is 7.02. The van der Waals surface area contributed by atoms with E-state index in [2.05, 4.69) is 13.2 Å². The first-order chi connectivity index (χ1) is 8.20. The Bertz CT molecular complexity index is 382. The number of rotatable bonds is 4. The zero-order valence-electron chi connectivity index (χ0n) is 10.2. The van der Waals surface area contributed by atoms with Crippen molar-refractivity contribution < 1.29 is 9.59 Å². The van der Waals surface area contributed by atoms with Crippen molar-refractivity contribution in [3.05, 3.63) is 61.4 Å². The molecule has 3 nitrogen and oxygen atoms in total. The second-order valence-electron chi connectivity index (χ2n) is 2.76. The van der Waals surface area contributed by atoms with Crippen LogP contribution in [0.3, 0.4) is 0 Å². The maximum absolute atomic E-state index is 11.3. The van der Waals surface area contributed by atoms with Crippen LogP contribution in [-0.2, 0) is 9.59 Å². The van der Waals surface area contributed by atoms with Crippen molar-refractivity contribution in [2.75, 3.05) is 0 Å². The quantitative estimate of drug-likeness (QED) is 0.551. The normalized spacial score (nSPS) is 14.9. The highest BCUT2D eigenvalue weighted by Gasteiger charge is 2.24. The summed E-state index contributed by atoms with van der Waals surface area (Å²) in [6.07, 6.45) is 10.5. The first-order valence-corrected chi connectivity index (χ1v) is 5.38. The first kappa shape index (κ1) is 14.8. The highest BCUT2D eigenvalue weighted by molar-refractivity contribution is 6.14. The predicted octanol–water partition coefficient (Wildman–Crippen LogP) is 2.75. The number of carbonyl (C=O) groups is 2. The molecule has 1 aliphatic heterocycles. The van der Waals surface area contributed by atoms with Crippen LogP contribution in [0.4, 0.5) is 0 Å². The summed E-state index contributed by atoms with van der Waals surface area (Å²) in [5.74, 6) is -0.698. The average molecular weight is 231 g/mol. The highest BCUT2D eigenvalue weighted by Crippen LogP contribution is 2.13. The van der Waals surface area contributed by atoms with Gasteiger partial charge < -0.3 is 0 Å². The van der Waals surface area contributed by atoms with Gasteiger partial charge in [0.2, 0.25) is 0 Å². The largest absolute Gasteiger partial charge is 0.269 e. The van der Waals surface area contributed by atoms with E-state index in [-0.39, 0.29) is 11.8 Å². The number of nitrogens with zero attached hydrogens (tertiary/aromatic N) is 1. The number of amides is 2. The maximum atomic E-state index is 11.3. The van der Waals surface area contributed by atoms with Gasteiger partial charge >= 0.3 is 0 Å². The van der Waals surface area contributed by atoms with Gasteiger partial charge in [0.05, 0.1) is 5.70 Å². The van der Waals surface area contributed by atoms with E-state index < -0.39 is 0 Å². The van der Waals surface area contributed by atoms with Gasteiger partial charge in [-0.15, -0.1) is 0 Å². The topological polar surface area (TPSA) is 37.4 Å². The summed E-state index contributed by atoms with van der Waals surface area (Å²) in [6, 6.07) is 0. The lowest BCUT2D eigenvalue weighted by molar-refractivity contribution is -0.134. The molecule has 1 heterocycles. The number of hydrogen-bond acceptors (Lipinski definition) is 2. The van der Waals surface area contributed by atoms with Crippen LogP contribution < -0.4 is 0 Å². The third-order valence-electron chi connectivity index (χ3n) is 1.79. The van der Waals surface area contributed by atoms with E-state index in [1.807, 2.05) is 13.8 Å². The minimum atomic E-state index is -0.349. The monoisotopic (exact) mass is 231 g/mol. The smallest absolute Gasteiger partial charge is 0.258 e. The van der Waals surface area contributed by atoms with Crippen molar-refractivity contribution in [1.82, 2.24) is 4.90 Å². The van der Waals surface area contributed by atoms with Crippen molar-refractivity contribution >= 4 is 11.8 Å².